The number of rotatable bonds is 5. The molecule has 0 spiro atoms. The van der Waals surface area contributed by atoms with Crippen LogP contribution in [0.1, 0.15) is 37.6 Å². The number of hydrogen-bond donors (Lipinski definition) is 1. The molecule has 0 saturated carbocycles. The van der Waals surface area contributed by atoms with E-state index in [0.717, 1.165) is 40.8 Å². The van der Waals surface area contributed by atoms with E-state index in [1.807, 2.05) is 24.3 Å². The summed E-state index contributed by atoms with van der Waals surface area (Å²) >= 11 is 2.92. The number of nitrogens with zero attached hydrogens (tertiary/aromatic N) is 2. The number of ether oxygens (including phenoxy) is 1. The van der Waals surface area contributed by atoms with E-state index in [9.17, 15) is 9.59 Å². The summed E-state index contributed by atoms with van der Waals surface area (Å²) in [6.45, 7) is 6.87. The van der Waals surface area contributed by atoms with Gasteiger partial charge in [-0.15, -0.1) is 11.3 Å². The van der Waals surface area contributed by atoms with E-state index < -0.39 is 0 Å². The third-order valence-corrected chi connectivity index (χ3v) is 8.31. The summed E-state index contributed by atoms with van der Waals surface area (Å²) in [4.78, 5) is 32.7. The Labute approximate surface area is 196 Å². The van der Waals surface area contributed by atoms with Gasteiger partial charge in [-0.25, -0.2) is 4.98 Å². The van der Waals surface area contributed by atoms with Crippen LogP contribution in [0, 0.1) is 11.3 Å². The van der Waals surface area contributed by atoms with E-state index in [2.05, 4.69) is 26.1 Å². The first-order valence-corrected chi connectivity index (χ1v) is 12.6. The maximum absolute atomic E-state index is 13.8. The fourth-order valence-corrected chi connectivity index (χ4v) is 6.43. The monoisotopic (exact) mass is 471 g/mol. The number of methoxy groups -OCH3 is 1. The first-order valence-electron chi connectivity index (χ1n) is 10.8. The minimum atomic E-state index is -0.107. The molecule has 2 heterocycles. The molecule has 1 aliphatic rings. The van der Waals surface area contributed by atoms with Crippen LogP contribution in [0.2, 0.25) is 0 Å². The van der Waals surface area contributed by atoms with Gasteiger partial charge in [-0.3, -0.25) is 14.2 Å². The van der Waals surface area contributed by atoms with Crippen molar-refractivity contribution in [2.45, 2.75) is 45.2 Å². The van der Waals surface area contributed by atoms with Crippen LogP contribution in [0.15, 0.2) is 34.2 Å². The molecule has 0 bridgehead atoms. The van der Waals surface area contributed by atoms with Crippen LogP contribution < -0.4 is 15.6 Å². The zero-order chi connectivity index (χ0) is 23.0. The first kappa shape index (κ1) is 22.9. The molecule has 4 rings (SSSR count). The van der Waals surface area contributed by atoms with Gasteiger partial charge in [0.15, 0.2) is 5.16 Å². The Hall–Kier alpha value is -2.32. The Morgan fingerprint density at radius 2 is 2.03 bits per heavy atom. The van der Waals surface area contributed by atoms with Gasteiger partial charge in [-0.1, -0.05) is 32.5 Å². The van der Waals surface area contributed by atoms with Gasteiger partial charge in [-0.05, 0) is 60.4 Å². The number of carbonyl (C=O) groups is 1. The zero-order valence-corrected chi connectivity index (χ0v) is 20.8. The van der Waals surface area contributed by atoms with Crippen LogP contribution in [-0.4, -0.2) is 35.4 Å². The van der Waals surface area contributed by atoms with Gasteiger partial charge in [0.25, 0.3) is 5.56 Å². The molecule has 1 atom stereocenters. The lowest BCUT2D eigenvalue weighted by atomic mass is 9.72. The topological polar surface area (TPSA) is 73.2 Å². The summed E-state index contributed by atoms with van der Waals surface area (Å²) in [7, 11) is 3.22. The zero-order valence-electron chi connectivity index (χ0n) is 19.2. The summed E-state index contributed by atoms with van der Waals surface area (Å²) in [5, 5.41) is 3.89. The second kappa shape index (κ2) is 8.90. The summed E-state index contributed by atoms with van der Waals surface area (Å²) in [5.41, 5.74) is 2.05. The second-order valence-corrected chi connectivity index (χ2v) is 11.2. The highest BCUT2D eigenvalue weighted by Gasteiger charge is 2.32. The molecule has 170 valence electrons. The molecule has 1 aliphatic carbocycles. The number of aromatic nitrogens is 2. The van der Waals surface area contributed by atoms with Crippen LogP contribution >= 0.6 is 23.1 Å². The van der Waals surface area contributed by atoms with E-state index in [4.69, 9.17) is 9.72 Å². The van der Waals surface area contributed by atoms with Gasteiger partial charge in [0, 0.05) is 11.9 Å². The third-order valence-electron chi connectivity index (χ3n) is 6.22. The Bertz CT molecular complexity index is 1210. The van der Waals surface area contributed by atoms with Crippen molar-refractivity contribution in [2.24, 2.45) is 11.3 Å². The van der Waals surface area contributed by atoms with Crippen molar-refractivity contribution in [2.75, 3.05) is 19.9 Å². The van der Waals surface area contributed by atoms with E-state index in [-0.39, 0.29) is 22.6 Å². The molecule has 32 heavy (non-hydrogen) atoms. The predicted molar refractivity (Wildman–Crippen MR) is 132 cm³/mol. The molecule has 3 aromatic rings. The largest absolute Gasteiger partial charge is 0.497 e. The van der Waals surface area contributed by atoms with Crippen molar-refractivity contribution in [3.63, 3.8) is 0 Å². The van der Waals surface area contributed by atoms with Crippen molar-refractivity contribution in [1.82, 2.24) is 14.9 Å². The van der Waals surface area contributed by atoms with Gasteiger partial charge >= 0.3 is 0 Å². The lowest BCUT2D eigenvalue weighted by Crippen LogP contribution is -2.27. The van der Waals surface area contributed by atoms with Crippen molar-refractivity contribution < 1.29 is 9.53 Å². The number of thiophene rings is 1. The van der Waals surface area contributed by atoms with Crippen LogP contribution in [-0.2, 0) is 17.6 Å². The summed E-state index contributed by atoms with van der Waals surface area (Å²) < 4.78 is 6.91. The van der Waals surface area contributed by atoms with E-state index in [0.29, 0.717) is 16.8 Å². The fourth-order valence-electron chi connectivity index (χ4n) is 4.20. The summed E-state index contributed by atoms with van der Waals surface area (Å²) in [5.74, 6) is 1.40. The number of benzene rings is 1. The average molecular weight is 472 g/mol. The van der Waals surface area contributed by atoms with Gasteiger partial charge in [0.2, 0.25) is 5.91 Å². The molecule has 1 N–H and O–H groups in total. The number of aryl methyl sites for hydroxylation is 1. The molecule has 1 aromatic carbocycles. The van der Waals surface area contributed by atoms with Gasteiger partial charge < -0.3 is 10.1 Å². The average Bonchev–Trinajstić information content (AvgIpc) is 3.15. The van der Waals surface area contributed by atoms with E-state index in [1.165, 1.54) is 16.6 Å². The van der Waals surface area contributed by atoms with E-state index in [1.54, 1.807) is 30.1 Å². The van der Waals surface area contributed by atoms with Gasteiger partial charge in [0.1, 0.15) is 10.6 Å². The normalized spacial score (nSPS) is 16.1. The molecule has 0 saturated heterocycles. The van der Waals surface area contributed by atoms with Crippen molar-refractivity contribution >= 4 is 39.2 Å². The Kier molecular flexibility index (Phi) is 6.36. The van der Waals surface area contributed by atoms with Crippen LogP contribution in [0.3, 0.4) is 0 Å². The van der Waals surface area contributed by atoms with Crippen molar-refractivity contribution in [3.8, 4) is 11.4 Å². The highest BCUT2D eigenvalue weighted by molar-refractivity contribution is 7.99. The van der Waals surface area contributed by atoms with Crippen LogP contribution in [0.5, 0.6) is 5.75 Å². The maximum Gasteiger partial charge on any atom is 0.267 e. The summed E-state index contributed by atoms with van der Waals surface area (Å²) in [6, 6.07) is 7.37. The quantitative estimate of drug-likeness (QED) is 0.440. The Morgan fingerprint density at radius 3 is 2.66 bits per heavy atom. The van der Waals surface area contributed by atoms with Crippen molar-refractivity contribution in [1.29, 1.82) is 0 Å². The molecule has 1 unspecified atom stereocenters. The molecule has 0 fully saturated rings. The molecule has 6 nitrogen and oxygen atoms in total. The van der Waals surface area contributed by atoms with Crippen molar-refractivity contribution in [3.05, 3.63) is 45.1 Å². The first-order chi connectivity index (χ1) is 15.2. The minimum Gasteiger partial charge on any atom is -0.497 e. The lowest BCUT2D eigenvalue weighted by molar-refractivity contribution is -0.118. The SMILES string of the molecule is CNC(=O)CSc1nc2sc3c(c2c(=O)n1-c1ccc(OC)cc1)CCC(C(C)(C)C)C3. The van der Waals surface area contributed by atoms with Crippen LogP contribution in [0.25, 0.3) is 15.9 Å². The molecule has 1 amide bonds. The second-order valence-electron chi connectivity index (χ2n) is 9.18. The smallest absolute Gasteiger partial charge is 0.267 e. The summed E-state index contributed by atoms with van der Waals surface area (Å²) in [6.07, 6.45) is 2.97. The number of carbonyl (C=O) groups excluding carboxylic acids is 1. The molecular formula is C24H29N3O3S2. The number of hydrogen-bond acceptors (Lipinski definition) is 6. The molecule has 0 aliphatic heterocycles. The van der Waals surface area contributed by atoms with Gasteiger partial charge in [0.05, 0.1) is 23.9 Å². The highest BCUT2D eigenvalue weighted by atomic mass is 32.2. The Morgan fingerprint density at radius 1 is 1.31 bits per heavy atom. The highest BCUT2D eigenvalue weighted by Crippen LogP contribution is 2.42. The standard InChI is InChI=1S/C24H29N3O3S2/c1-24(2,3)14-6-11-17-18(12-14)32-21-20(17)22(29)27(15-7-9-16(30-5)10-8-15)23(26-21)31-13-19(28)25-4/h7-10,14H,6,11-13H2,1-5H3,(H,25,28). The third kappa shape index (κ3) is 4.30. The molecular weight excluding hydrogens is 442 g/mol. The number of fused-ring (bicyclic) bond motifs is 3. The number of amides is 1. The van der Waals surface area contributed by atoms with Gasteiger partial charge in [-0.2, -0.15) is 0 Å². The fraction of sp³-hybridized carbons (Fsp3) is 0.458. The van der Waals surface area contributed by atoms with Crippen LogP contribution in [0.4, 0.5) is 0 Å². The molecule has 8 heteroatoms. The Balaban J connectivity index is 1.86. The lowest BCUT2D eigenvalue weighted by Gasteiger charge is -2.33. The predicted octanol–water partition coefficient (Wildman–Crippen LogP) is 4.44. The van der Waals surface area contributed by atoms with E-state index >= 15 is 0 Å². The maximum atomic E-state index is 13.8. The minimum absolute atomic E-state index is 0.0636. The number of nitrogens with one attached hydrogen (secondary N) is 1. The molecule has 0 radical (unpaired) electrons. The number of thioether (sulfide) groups is 1. The molecule has 2 aromatic heterocycles.